The molecule has 0 saturated carbocycles. The van der Waals surface area contributed by atoms with Crippen molar-refractivity contribution in [1.29, 1.82) is 0 Å². The number of carbonyl (C=O) groups excluding carboxylic acids is 1. The van der Waals surface area contributed by atoms with Crippen LogP contribution in [0.25, 0.3) is 10.6 Å². The molecule has 2 aliphatic heterocycles. The average molecular weight is 544 g/mol. The third-order valence-electron chi connectivity index (χ3n) is 5.65. The normalized spacial score (nSPS) is 17.2. The van der Waals surface area contributed by atoms with Crippen molar-refractivity contribution in [2.24, 2.45) is 0 Å². The summed E-state index contributed by atoms with van der Waals surface area (Å²) in [6.07, 6.45) is -3.43. The quantitative estimate of drug-likeness (QED) is 0.461. The summed E-state index contributed by atoms with van der Waals surface area (Å²) >= 11 is 7.01. The minimum absolute atomic E-state index is 0.0785. The van der Waals surface area contributed by atoms with Gasteiger partial charge in [0.25, 0.3) is 5.91 Å². The molecule has 35 heavy (non-hydrogen) atoms. The van der Waals surface area contributed by atoms with Crippen molar-refractivity contribution < 1.29 is 26.4 Å². The molecule has 2 aromatic heterocycles. The van der Waals surface area contributed by atoms with Gasteiger partial charge in [-0.2, -0.15) is 13.2 Å². The lowest BCUT2D eigenvalue weighted by Crippen LogP contribution is -2.24. The number of hydrogen-bond acceptors (Lipinski definition) is 8. The summed E-state index contributed by atoms with van der Waals surface area (Å²) in [5, 5.41) is 8.91. The van der Waals surface area contributed by atoms with Crippen LogP contribution in [0.3, 0.4) is 0 Å². The monoisotopic (exact) mass is 543 g/mol. The minimum atomic E-state index is -4.81. The highest BCUT2D eigenvalue weighted by atomic mass is 35.5. The molecule has 3 aromatic rings. The summed E-state index contributed by atoms with van der Waals surface area (Å²) in [6, 6.07) is 4.65. The van der Waals surface area contributed by atoms with Gasteiger partial charge < -0.3 is 16.0 Å². The average Bonchev–Trinajstić information content (AvgIpc) is 3.21. The molecule has 4 heterocycles. The molecule has 0 fully saturated rings. The van der Waals surface area contributed by atoms with Crippen molar-refractivity contribution >= 4 is 50.3 Å². The summed E-state index contributed by atoms with van der Waals surface area (Å²) < 4.78 is 66.5. The maximum absolute atomic E-state index is 13.8. The van der Waals surface area contributed by atoms with Gasteiger partial charge in [0.05, 0.1) is 31.9 Å². The van der Waals surface area contributed by atoms with Crippen LogP contribution in [0, 0.1) is 0 Å². The molecule has 3 N–H and O–H groups in total. The fourth-order valence-electron chi connectivity index (χ4n) is 3.93. The number of nitrogens with one attached hydrogen (secondary N) is 3. The number of sulfone groups is 1. The van der Waals surface area contributed by atoms with Crippen LogP contribution >= 0.6 is 22.9 Å². The van der Waals surface area contributed by atoms with E-state index in [4.69, 9.17) is 11.6 Å². The Balaban J connectivity index is 1.60. The zero-order chi connectivity index (χ0) is 25.0. The van der Waals surface area contributed by atoms with E-state index in [-0.39, 0.29) is 32.9 Å². The van der Waals surface area contributed by atoms with Crippen molar-refractivity contribution in [3.05, 3.63) is 51.0 Å². The number of alkyl halides is 3. The van der Waals surface area contributed by atoms with Crippen LogP contribution in [0.4, 0.5) is 24.8 Å². The highest BCUT2D eigenvalue weighted by molar-refractivity contribution is 7.91. The molecule has 14 heteroatoms. The van der Waals surface area contributed by atoms with Gasteiger partial charge in [-0.1, -0.05) is 11.6 Å². The number of thiophene rings is 1. The van der Waals surface area contributed by atoms with Crippen molar-refractivity contribution in [3.8, 4) is 10.6 Å². The number of anilines is 2. The molecule has 1 aromatic carbocycles. The topological polar surface area (TPSA) is 113 Å². The molecule has 0 radical (unpaired) electrons. The second-order valence-corrected chi connectivity index (χ2v) is 11.5. The predicted molar refractivity (Wildman–Crippen MR) is 125 cm³/mol. The summed E-state index contributed by atoms with van der Waals surface area (Å²) in [5.74, 6) is -1.16. The molecule has 2 aliphatic rings. The molecule has 0 atom stereocenters. The number of amides is 1. The first kappa shape index (κ1) is 24.0. The third kappa shape index (κ3) is 4.60. The molecular weight excluding hydrogens is 527 g/mol. The lowest BCUT2D eigenvalue weighted by Gasteiger charge is -2.19. The van der Waals surface area contributed by atoms with Crippen LogP contribution < -0.4 is 16.0 Å². The molecule has 0 saturated heterocycles. The Labute approximate surface area is 206 Å². The Morgan fingerprint density at radius 3 is 2.71 bits per heavy atom. The Morgan fingerprint density at radius 1 is 1.14 bits per heavy atom. The number of aromatic nitrogens is 2. The van der Waals surface area contributed by atoms with Crippen LogP contribution in [-0.4, -0.2) is 43.1 Å². The van der Waals surface area contributed by atoms with Gasteiger partial charge in [0.15, 0.2) is 9.84 Å². The first-order valence-corrected chi connectivity index (χ1v) is 13.3. The van der Waals surface area contributed by atoms with Gasteiger partial charge in [0.1, 0.15) is 10.4 Å². The molecule has 0 spiro atoms. The van der Waals surface area contributed by atoms with Crippen LogP contribution in [0.15, 0.2) is 29.3 Å². The molecule has 0 unspecified atom stereocenters. The van der Waals surface area contributed by atoms with E-state index in [1.807, 2.05) is 6.07 Å². The van der Waals surface area contributed by atoms with Crippen LogP contribution in [0.5, 0.6) is 0 Å². The lowest BCUT2D eigenvalue weighted by atomic mass is 10.0. The highest BCUT2D eigenvalue weighted by Crippen LogP contribution is 2.41. The molecule has 8 nitrogen and oxygen atoms in total. The molecule has 5 rings (SSSR count). The van der Waals surface area contributed by atoms with Crippen molar-refractivity contribution in [2.75, 3.05) is 24.2 Å². The number of fused-ring (bicyclic) bond motifs is 2. The van der Waals surface area contributed by atoms with Crippen molar-refractivity contribution in [3.63, 3.8) is 0 Å². The number of rotatable bonds is 3. The van der Waals surface area contributed by atoms with E-state index in [2.05, 4.69) is 25.9 Å². The summed E-state index contributed by atoms with van der Waals surface area (Å²) in [6.45, 7) is 1.37. The van der Waals surface area contributed by atoms with Crippen molar-refractivity contribution in [2.45, 2.75) is 24.0 Å². The van der Waals surface area contributed by atoms with E-state index >= 15 is 0 Å². The van der Waals surface area contributed by atoms with E-state index in [1.165, 1.54) is 0 Å². The summed E-state index contributed by atoms with van der Waals surface area (Å²) in [4.78, 5) is 19.6. The predicted octanol–water partition coefficient (Wildman–Crippen LogP) is 3.78. The lowest BCUT2D eigenvalue weighted by molar-refractivity contribution is -0.137. The van der Waals surface area contributed by atoms with Gasteiger partial charge in [-0.05, 0) is 42.3 Å². The van der Waals surface area contributed by atoms with E-state index in [1.54, 1.807) is 6.07 Å². The molecule has 1 amide bonds. The van der Waals surface area contributed by atoms with Crippen LogP contribution in [0.2, 0.25) is 5.02 Å². The Kier molecular flexibility index (Phi) is 5.98. The first-order valence-electron chi connectivity index (χ1n) is 10.4. The number of nitrogens with zero attached hydrogens (tertiary/aromatic N) is 2. The van der Waals surface area contributed by atoms with Crippen molar-refractivity contribution in [1.82, 2.24) is 20.6 Å². The fourth-order valence-corrected chi connectivity index (χ4v) is 6.98. The number of halogens is 4. The molecule has 0 bridgehead atoms. The maximum atomic E-state index is 13.8. The van der Waals surface area contributed by atoms with Gasteiger partial charge in [-0.15, -0.1) is 11.3 Å². The maximum Gasteiger partial charge on any atom is 0.420 e. The first-order chi connectivity index (χ1) is 16.5. The van der Waals surface area contributed by atoms with Crippen LogP contribution in [-0.2, 0) is 29.0 Å². The summed E-state index contributed by atoms with van der Waals surface area (Å²) in [7, 11) is -3.86. The standard InChI is InChI=1S/C21H17ClF3N5O3S2/c22-13-5-11-8-26-2-1-10(11)6-14(13)29-20-28-9-12(21(23,24)25)17(30-20)15-7-16-18(34-15)19(31)27-3-4-35(16,32)33/h5-7,9,26H,1-4,8H2,(H,27,31)(H,28,29,30). The SMILES string of the molecule is O=C1NCCS(=O)(=O)c2cc(-c3nc(Nc4cc5c(cc4Cl)CNCC5)ncc3C(F)(F)F)sc21. The number of benzene rings is 1. The van der Waals surface area contributed by atoms with Gasteiger partial charge in [-0.3, -0.25) is 4.79 Å². The largest absolute Gasteiger partial charge is 0.420 e. The van der Waals surface area contributed by atoms with E-state index < -0.39 is 33.2 Å². The smallest absolute Gasteiger partial charge is 0.350 e. The van der Waals surface area contributed by atoms with Gasteiger partial charge >= 0.3 is 6.18 Å². The molecular formula is C21H17ClF3N5O3S2. The Hall–Kier alpha value is -2.74. The highest BCUT2D eigenvalue weighted by Gasteiger charge is 2.37. The van der Waals surface area contributed by atoms with Gasteiger partial charge in [0.2, 0.25) is 5.95 Å². The number of hydrogen-bond donors (Lipinski definition) is 3. The second kappa shape index (κ2) is 8.73. The van der Waals surface area contributed by atoms with E-state index in [0.29, 0.717) is 34.8 Å². The zero-order valence-corrected chi connectivity index (χ0v) is 20.2. The second-order valence-electron chi connectivity index (χ2n) is 7.98. The molecule has 0 aliphatic carbocycles. The Bertz CT molecular complexity index is 1460. The Morgan fingerprint density at radius 2 is 1.94 bits per heavy atom. The minimum Gasteiger partial charge on any atom is -0.350 e. The third-order valence-corrected chi connectivity index (χ3v) is 8.96. The zero-order valence-electron chi connectivity index (χ0n) is 17.8. The summed E-state index contributed by atoms with van der Waals surface area (Å²) in [5.41, 5.74) is 0.817. The van der Waals surface area contributed by atoms with Gasteiger partial charge in [0, 0.05) is 19.3 Å². The number of carbonyl (C=O) groups is 1. The van der Waals surface area contributed by atoms with E-state index in [0.717, 1.165) is 30.2 Å². The van der Waals surface area contributed by atoms with E-state index in [9.17, 15) is 26.4 Å². The van der Waals surface area contributed by atoms with Crippen LogP contribution in [0.1, 0.15) is 26.4 Å². The fraction of sp³-hybridized carbons (Fsp3) is 0.286. The van der Waals surface area contributed by atoms with Gasteiger partial charge in [-0.25, -0.2) is 18.4 Å². The molecule has 184 valence electrons.